The quantitative estimate of drug-likeness (QED) is 0.635. The lowest BCUT2D eigenvalue weighted by Crippen LogP contribution is -2.42. The van der Waals surface area contributed by atoms with Crippen molar-refractivity contribution in [3.8, 4) is 0 Å². The monoisotopic (exact) mass is 199 g/mol. The maximum absolute atomic E-state index is 11.2. The molecule has 0 radical (unpaired) electrons. The Morgan fingerprint density at radius 1 is 1.71 bits per heavy atom. The summed E-state index contributed by atoms with van der Waals surface area (Å²) < 4.78 is 0. The van der Waals surface area contributed by atoms with E-state index in [2.05, 4.69) is 0 Å². The van der Waals surface area contributed by atoms with Gasteiger partial charge in [-0.15, -0.1) is 0 Å². The molecular formula is C9H17N3O2. The normalized spacial score (nSPS) is 21.5. The van der Waals surface area contributed by atoms with Crippen molar-refractivity contribution in [3.05, 3.63) is 0 Å². The summed E-state index contributed by atoms with van der Waals surface area (Å²) in [4.78, 5) is 25.7. The molecule has 0 aliphatic carbocycles. The minimum Gasteiger partial charge on any atom is -0.343 e. The van der Waals surface area contributed by atoms with E-state index in [1.54, 1.807) is 23.9 Å². The number of amides is 2. The SMILES string of the molecule is CN(CC1CCC(=O)N1C)C(=O)CN. The zero-order valence-corrected chi connectivity index (χ0v) is 8.69. The summed E-state index contributed by atoms with van der Waals surface area (Å²) in [5, 5.41) is 0. The summed E-state index contributed by atoms with van der Waals surface area (Å²) in [6, 6.07) is 0.156. The van der Waals surface area contributed by atoms with Crippen LogP contribution in [0.2, 0.25) is 0 Å². The van der Waals surface area contributed by atoms with Gasteiger partial charge in [0.2, 0.25) is 11.8 Å². The smallest absolute Gasteiger partial charge is 0.236 e. The highest BCUT2D eigenvalue weighted by Crippen LogP contribution is 2.16. The second-order valence-corrected chi connectivity index (χ2v) is 3.68. The van der Waals surface area contributed by atoms with Gasteiger partial charge in [0, 0.05) is 33.1 Å². The number of carbonyl (C=O) groups excluding carboxylic acids is 2. The maximum Gasteiger partial charge on any atom is 0.236 e. The average molecular weight is 199 g/mol. The number of hydrogen-bond acceptors (Lipinski definition) is 3. The van der Waals surface area contributed by atoms with E-state index in [1.807, 2.05) is 0 Å². The molecular weight excluding hydrogens is 182 g/mol. The lowest BCUT2D eigenvalue weighted by molar-refractivity contribution is -0.131. The highest BCUT2D eigenvalue weighted by atomic mass is 16.2. The summed E-state index contributed by atoms with van der Waals surface area (Å²) in [7, 11) is 3.49. The second kappa shape index (κ2) is 4.41. The Bertz CT molecular complexity index is 242. The third-order valence-corrected chi connectivity index (χ3v) is 2.72. The Hall–Kier alpha value is -1.10. The lowest BCUT2D eigenvalue weighted by atomic mass is 10.2. The maximum atomic E-state index is 11.2. The molecule has 1 rings (SSSR count). The van der Waals surface area contributed by atoms with Crippen LogP contribution in [0.25, 0.3) is 0 Å². The first-order valence-electron chi connectivity index (χ1n) is 4.76. The first kappa shape index (κ1) is 11.0. The lowest BCUT2D eigenvalue weighted by Gasteiger charge is -2.25. The van der Waals surface area contributed by atoms with E-state index in [9.17, 15) is 9.59 Å². The molecule has 1 saturated heterocycles. The molecule has 0 spiro atoms. The molecule has 5 heteroatoms. The van der Waals surface area contributed by atoms with Gasteiger partial charge in [0.05, 0.1) is 6.54 Å². The van der Waals surface area contributed by atoms with Crippen LogP contribution in [-0.2, 0) is 9.59 Å². The largest absolute Gasteiger partial charge is 0.343 e. The first-order valence-corrected chi connectivity index (χ1v) is 4.76. The van der Waals surface area contributed by atoms with Gasteiger partial charge in [-0.05, 0) is 6.42 Å². The molecule has 1 aliphatic rings. The molecule has 0 aromatic rings. The Labute approximate surface area is 83.8 Å². The highest BCUT2D eigenvalue weighted by Gasteiger charge is 2.28. The predicted molar refractivity (Wildman–Crippen MR) is 52.5 cm³/mol. The van der Waals surface area contributed by atoms with Crippen molar-refractivity contribution in [1.29, 1.82) is 0 Å². The van der Waals surface area contributed by atoms with Crippen LogP contribution < -0.4 is 5.73 Å². The summed E-state index contributed by atoms with van der Waals surface area (Å²) >= 11 is 0. The van der Waals surface area contributed by atoms with Crippen LogP contribution in [0.3, 0.4) is 0 Å². The van der Waals surface area contributed by atoms with Crippen molar-refractivity contribution >= 4 is 11.8 Å². The number of nitrogens with zero attached hydrogens (tertiary/aromatic N) is 2. The molecule has 1 fully saturated rings. The van der Waals surface area contributed by atoms with Gasteiger partial charge in [-0.25, -0.2) is 0 Å². The van der Waals surface area contributed by atoms with E-state index in [1.165, 1.54) is 0 Å². The van der Waals surface area contributed by atoms with Crippen molar-refractivity contribution in [2.24, 2.45) is 5.73 Å². The summed E-state index contributed by atoms with van der Waals surface area (Å²) in [6.07, 6.45) is 1.42. The molecule has 2 amide bonds. The number of nitrogens with two attached hydrogens (primary N) is 1. The van der Waals surface area contributed by atoms with Crippen molar-refractivity contribution in [3.63, 3.8) is 0 Å². The third kappa shape index (κ3) is 2.23. The van der Waals surface area contributed by atoms with Crippen LogP contribution in [0.4, 0.5) is 0 Å². The van der Waals surface area contributed by atoms with E-state index in [0.29, 0.717) is 13.0 Å². The van der Waals surface area contributed by atoms with Gasteiger partial charge in [-0.1, -0.05) is 0 Å². The molecule has 0 bridgehead atoms. The van der Waals surface area contributed by atoms with Crippen molar-refractivity contribution in [2.45, 2.75) is 18.9 Å². The number of likely N-dealkylation sites (N-methyl/N-ethyl adjacent to an activating group) is 2. The van der Waals surface area contributed by atoms with Gasteiger partial charge in [0.1, 0.15) is 0 Å². The van der Waals surface area contributed by atoms with Crippen LogP contribution in [0.5, 0.6) is 0 Å². The van der Waals surface area contributed by atoms with Crippen LogP contribution in [0.15, 0.2) is 0 Å². The molecule has 0 aromatic heterocycles. The van der Waals surface area contributed by atoms with Crippen LogP contribution in [0.1, 0.15) is 12.8 Å². The Morgan fingerprint density at radius 3 is 2.79 bits per heavy atom. The zero-order valence-electron chi connectivity index (χ0n) is 8.69. The number of carbonyl (C=O) groups is 2. The van der Waals surface area contributed by atoms with Gasteiger partial charge in [0.25, 0.3) is 0 Å². The average Bonchev–Trinajstić information content (AvgIpc) is 2.48. The predicted octanol–water partition coefficient (Wildman–Crippen LogP) is -0.976. The second-order valence-electron chi connectivity index (χ2n) is 3.68. The first-order chi connectivity index (χ1) is 6.56. The van der Waals surface area contributed by atoms with Gasteiger partial charge >= 0.3 is 0 Å². The molecule has 1 aliphatic heterocycles. The Morgan fingerprint density at radius 2 is 2.36 bits per heavy atom. The Kier molecular flexibility index (Phi) is 3.46. The van der Waals surface area contributed by atoms with E-state index < -0.39 is 0 Å². The number of hydrogen-bond donors (Lipinski definition) is 1. The molecule has 5 nitrogen and oxygen atoms in total. The summed E-state index contributed by atoms with van der Waals surface area (Å²) in [6.45, 7) is 0.610. The fraction of sp³-hybridized carbons (Fsp3) is 0.778. The standard InChI is InChI=1S/C9H17N3O2/c1-11(9(14)5-10)6-7-3-4-8(13)12(7)2/h7H,3-6,10H2,1-2H3. The van der Waals surface area contributed by atoms with E-state index >= 15 is 0 Å². The molecule has 2 N–H and O–H groups in total. The van der Waals surface area contributed by atoms with Crippen molar-refractivity contribution < 1.29 is 9.59 Å². The number of likely N-dealkylation sites (tertiary alicyclic amines) is 1. The molecule has 0 saturated carbocycles. The summed E-state index contributed by atoms with van der Waals surface area (Å²) in [5.41, 5.74) is 5.24. The molecule has 14 heavy (non-hydrogen) atoms. The van der Waals surface area contributed by atoms with E-state index in [-0.39, 0.29) is 24.4 Å². The zero-order chi connectivity index (χ0) is 10.7. The molecule has 1 atom stereocenters. The fourth-order valence-corrected chi connectivity index (χ4v) is 1.65. The molecule has 0 aromatic carbocycles. The van der Waals surface area contributed by atoms with Gasteiger partial charge < -0.3 is 15.5 Å². The highest BCUT2D eigenvalue weighted by molar-refractivity contribution is 5.79. The number of rotatable bonds is 3. The summed E-state index contributed by atoms with van der Waals surface area (Å²) in [5.74, 6) is 0.0707. The van der Waals surface area contributed by atoms with Crippen molar-refractivity contribution in [2.75, 3.05) is 27.2 Å². The molecule has 1 unspecified atom stereocenters. The Balaban J connectivity index is 2.45. The van der Waals surface area contributed by atoms with E-state index in [0.717, 1.165) is 6.42 Å². The topological polar surface area (TPSA) is 66.6 Å². The third-order valence-electron chi connectivity index (χ3n) is 2.72. The van der Waals surface area contributed by atoms with Gasteiger partial charge in [-0.2, -0.15) is 0 Å². The van der Waals surface area contributed by atoms with Gasteiger partial charge in [-0.3, -0.25) is 9.59 Å². The minimum absolute atomic E-state index is 0.0287. The molecule has 1 heterocycles. The van der Waals surface area contributed by atoms with Crippen LogP contribution in [-0.4, -0.2) is 54.8 Å². The minimum atomic E-state index is -0.0854. The fourth-order valence-electron chi connectivity index (χ4n) is 1.65. The van der Waals surface area contributed by atoms with Crippen LogP contribution in [0, 0.1) is 0 Å². The van der Waals surface area contributed by atoms with Crippen molar-refractivity contribution in [1.82, 2.24) is 9.80 Å². The van der Waals surface area contributed by atoms with E-state index in [4.69, 9.17) is 5.73 Å². The molecule has 80 valence electrons. The van der Waals surface area contributed by atoms with Gasteiger partial charge in [0.15, 0.2) is 0 Å². The van der Waals surface area contributed by atoms with Crippen LogP contribution >= 0.6 is 0 Å².